The minimum Gasteiger partial charge on any atom is -0.370 e. The first-order chi connectivity index (χ1) is 12.3. The standard InChI is InChI=1S/C20H20N4O/c25-20-10-15-4-3-7-17(15)22-24(20)13-14-11-23(12-14)19-8-9-21-18-6-2-1-5-16(18)19/h1-2,5-6,8-10,14H,3-4,7,11-13H2. The molecule has 25 heavy (non-hydrogen) atoms. The van der Waals surface area contributed by atoms with E-state index < -0.39 is 0 Å². The van der Waals surface area contributed by atoms with Crippen LogP contribution in [0.15, 0.2) is 47.4 Å². The zero-order valence-corrected chi connectivity index (χ0v) is 14.1. The molecule has 2 aliphatic rings. The largest absolute Gasteiger partial charge is 0.370 e. The van der Waals surface area contributed by atoms with E-state index in [0.717, 1.165) is 49.1 Å². The monoisotopic (exact) mass is 332 g/mol. The number of para-hydroxylation sites is 1. The van der Waals surface area contributed by atoms with E-state index in [2.05, 4.69) is 33.2 Å². The number of pyridine rings is 1. The van der Waals surface area contributed by atoms with Gasteiger partial charge in [0.15, 0.2) is 0 Å². The fourth-order valence-corrected chi connectivity index (χ4v) is 4.05. The van der Waals surface area contributed by atoms with Crippen LogP contribution in [0.4, 0.5) is 5.69 Å². The Morgan fingerprint density at radius 2 is 2.00 bits per heavy atom. The topological polar surface area (TPSA) is 51.0 Å². The van der Waals surface area contributed by atoms with E-state index in [4.69, 9.17) is 0 Å². The molecule has 2 aromatic heterocycles. The third-order valence-electron chi connectivity index (χ3n) is 5.38. The van der Waals surface area contributed by atoms with Crippen molar-refractivity contribution in [2.75, 3.05) is 18.0 Å². The first-order valence-corrected chi connectivity index (χ1v) is 8.96. The average Bonchev–Trinajstić information content (AvgIpc) is 3.04. The number of hydrogen-bond acceptors (Lipinski definition) is 4. The highest BCUT2D eigenvalue weighted by atomic mass is 16.1. The van der Waals surface area contributed by atoms with Crippen molar-refractivity contribution in [3.8, 4) is 0 Å². The molecule has 0 atom stereocenters. The molecule has 0 amide bonds. The van der Waals surface area contributed by atoms with E-state index in [1.165, 1.54) is 11.1 Å². The van der Waals surface area contributed by atoms with Crippen LogP contribution in [0.1, 0.15) is 17.7 Å². The van der Waals surface area contributed by atoms with Crippen LogP contribution in [0.5, 0.6) is 0 Å². The lowest BCUT2D eigenvalue weighted by molar-refractivity contribution is 0.334. The molecule has 5 rings (SSSR count). The first-order valence-electron chi connectivity index (χ1n) is 8.96. The number of anilines is 1. The van der Waals surface area contributed by atoms with Gasteiger partial charge in [0.25, 0.3) is 5.56 Å². The molecule has 5 heteroatoms. The maximum absolute atomic E-state index is 12.3. The van der Waals surface area contributed by atoms with Gasteiger partial charge < -0.3 is 4.90 Å². The van der Waals surface area contributed by atoms with Crippen LogP contribution in [0.2, 0.25) is 0 Å². The molecule has 0 N–H and O–H groups in total. The predicted molar refractivity (Wildman–Crippen MR) is 98.0 cm³/mol. The lowest BCUT2D eigenvalue weighted by atomic mass is 9.98. The number of aryl methyl sites for hydroxylation is 2. The molecule has 1 aromatic carbocycles. The molecule has 1 fully saturated rings. The van der Waals surface area contributed by atoms with Crippen LogP contribution in [0.3, 0.4) is 0 Å². The van der Waals surface area contributed by atoms with Crippen molar-refractivity contribution < 1.29 is 0 Å². The Kier molecular flexibility index (Phi) is 3.33. The maximum Gasteiger partial charge on any atom is 0.267 e. The van der Waals surface area contributed by atoms with E-state index in [-0.39, 0.29) is 5.56 Å². The highest BCUT2D eigenvalue weighted by Crippen LogP contribution is 2.31. The molecule has 0 bridgehead atoms. The van der Waals surface area contributed by atoms with Gasteiger partial charge in [-0.25, -0.2) is 4.68 Å². The third kappa shape index (κ3) is 2.51. The Labute approximate surface area is 145 Å². The van der Waals surface area contributed by atoms with Crippen LogP contribution in [-0.2, 0) is 19.4 Å². The molecular formula is C20H20N4O. The van der Waals surface area contributed by atoms with Crippen LogP contribution in [0.25, 0.3) is 10.9 Å². The zero-order chi connectivity index (χ0) is 16.8. The van der Waals surface area contributed by atoms with Crippen LogP contribution >= 0.6 is 0 Å². The van der Waals surface area contributed by atoms with Crippen molar-refractivity contribution in [3.05, 3.63) is 64.2 Å². The van der Waals surface area contributed by atoms with Crippen molar-refractivity contribution in [1.29, 1.82) is 0 Å². The van der Waals surface area contributed by atoms with Gasteiger partial charge in [0, 0.05) is 42.3 Å². The number of nitrogens with zero attached hydrogens (tertiary/aromatic N) is 4. The van der Waals surface area contributed by atoms with Crippen molar-refractivity contribution in [1.82, 2.24) is 14.8 Å². The van der Waals surface area contributed by atoms with E-state index in [9.17, 15) is 4.79 Å². The first kappa shape index (κ1) is 14.6. The van der Waals surface area contributed by atoms with Gasteiger partial charge in [-0.15, -0.1) is 0 Å². The van der Waals surface area contributed by atoms with Gasteiger partial charge in [-0.1, -0.05) is 18.2 Å². The summed E-state index contributed by atoms with van der Waals surface area (Å²) in [6, 6.07) is 12.1. The summed E-state index contributed by atoms with van der Waals surface area (Å²) in [6.45, 7) is 2.63. The minimum absolute atomic E-state index is 0.0495. The number of rotatable bonds is 3. The SMILES string of the molecule is O=c1cc2c(nn1CC1CN(c3ccnc4ccccc34)C1)CCC2. The van der Waals surface area contributed by atoms with Gasteiger partial charge in [0.2, 0.25) is 0 Å². The Morgan fingerprint density at radius 3 is 2.92 bits per heavy atom. The second kappa shape index (κ2) is 5.69. The Hall–Kier alpha value is -2.69. The van der Waals surface area contributed by atoms with Crippen molar-refractivity contribution in [2.45, 2.75) is 25.8 Å². The van der Waals surface area contributed by atoms with Crippen molar-refractivity contribution in [2.24, 2.45) is 5.92 Å². The highest BCUT2D eigenvalue weighted by molar-refractivity contribution is 5.91. The third-order valence-corrected chi connectivity index (χ3v) is 5.38. The van der Waals surface area contributed by atoms with Gasteiger partial charge in [-0.3, -0.25) is 9.78 Å². The molecule has 5 nitrogen and oxygen atoms in total. The molecule has 0 spiro atoms. The molecule has 3 heterocycles. The van der Waals surface area contributed by atoms with Gasteiger partial charge in [-0.2, -0.15) is 5.10 Å². The summed E-state index contributed by atoms with van der Waals surface area (Å²) >= 11 is 0. The summed E-state index contributed by atoms with van der Waals surface area (Å²) in [5, 5.41) is 5.79. The van der Waals surface area contributed by atoms with E-state index >= 15 is 0 Å². The van der Waals surface area contributed by atoms with E-state index in [1.54, 1.807) is 10.7 Å². The van der Waals surface area contributed by atoms with E-state index in [0.29, 0.717) is 12.5 Å². The lowest BCUT2D eigenvalue weighted by Crippen LogP contribution is -2.49. The summed E-state index contributed by atoms with van der Waals surface area (Å²) in [6.07, 6.45) is 5.01. The molecule has 3 aromatic rings. The molecular weight excluding hydrogens is 312 g/mol. The number of benzene rings is 1. The minimum atomic E-state index is 0.0495. The average molecular weight is 332 g/mol. The second-order valence-corrected chi connectivity index (χ2v) is 7.11. The molecule has 0 radical (unpaired) electrons. The Balaban J connectivity index is 1.33. The van der Waals surface area contributed by atoms with Gasteiger partial charge >= 0.3 is 0 Å². The summed E-state index contributed by atoms with van der Waals surface area (Å²) < 4.78 is 1.68. The van der Waals surface area contributed by atoms with E-state index in [1.807, 2.05) is 18.3 Å². The normalized spacial score (nSPS) is 16.9. The fraction of sp³-hybridized carbons (Fsp3) is 0.350. The Bertz CT molecular complexity index is 999. The molecule has 126 valence electrons. The molecule has 0 saturated carbocycles. The van der Waals surface area contributed by atoms with Crippen molar-refractivity contribution >= 4 is 16.6 Å². The number of hydrogen-bond donors (Lipinski definition) is 0. The summed E-state index contributed by atoms with van der Waals surface area (Å²) in [4.78, 5) is 19.1. The van der Waals surface area contributed by atoms with Gasteiger partial charge in [0.1, 0.15) is 0 Å². The molecule has 1 aliphatic carbocycles. The van der Waals surface area contributed by atoms with Gasteiger partial charge in [-0.05, 0) is 37.0 Å². The maximum atomic E-state index is 12.3. The van der Waals surface area contributed by atoms with Gasteiger partial charge in [0.05, 0.1) is 17.8 Å². The quantitative estimate of drug-likeness (QED) is 0.739. The summed E-state index contributed by atoms with van der Waals surface area (Å²) in [5.41, 5.74) is 4.58. The lowest BCUT2D eigenvalue weighted by Gasteiger charge is -2.41. The zero-order valence-electron chi connectivity index (χ0n) is 14.1. The highest BCUT2D eigenvalue weighted by Gasteiger charge is 2.29. The Morgan fingerprint density at radius 1 is 1.12 bits per heavy atom. The fourth-order valence-electron chi connectivity index (χ4n) is 4.05. The number of fused-ring (bicyclic) bond motifs is 2. The molecule has 1 saturated heterocycles. The van der Waals surface area contributed by atoms with Crippen LogP contribution < -0.4 is 10.5 Å². The smallest absolute Gasteiger partial charge is 0.267 e. The summed E-state index contributed by atoms with van der Waals surface area (Å²) in [7, 11) is 0. The summed E-state index contributed by atoms with van der Waals surface area (Å²) in [5.74, 6) is 0.469. The molecule has 0 unspecified atom stereocenters. The number of aromatic nitrogens is 3. The second-order valence-electron chi connectivity index (χ2n) is 7.11. The van der Waals surface area contributed by atoms with Crippen molar-refractivity contribution in [3.63, 3.8) is 0 Å². The molecule has 1 aliphatic heterocycles. The predicted octanol–water partition coefficient (Wildman–Crippen LogP) is 2.42. The van der Waals surface area contributed by atoms with Crippen LogP contribution in [0, 0.1) is 5.92 Å². The van der Waals surface area contributed by atoms with Crippen LogP contribution in [-0.4, -0.2) is 27.9 Å².